The number of nitrogens with one attached hydrogen (secondary N) is 3. The average molecular weight is 373 g/mol. The third kappa shape index (κ3) is 4.76. The number of aryl methyl sites for hydroxylation is 1. The van der Waals surface area contributed by atoms with Crippen LogP contribution < -0.4 is 25.4 Å². The number of carbonyl (C=O) groups excluding carboxylic acids is 2. The monoisotopic (exact) mass is 373 g/mol. The van der Waals surface area contributed by atoms with Crippen LogP contribution >= 0.6 is 0 Å². The van der Waals surface area contributed by atoms with Crippen LogP contribution in [0.1, 0.15) is 25.3 Å². The van der Waals surface area contributed by atoms with E-state index < -0.39 is 6.29 Å². The Bertz CT molecular complexity index is 835. The molecule has 1 aromatic heterocycles. The molecule has 144 valence electrons. The zero-order chi connectivity index (χ0) is 19.4. The van der Waals surface area contributed by atoms with E-state index in [1.165, 1.54) is 0 Å². The van der Waals surface area contributed by atoms with Crippen molar-refractivity contribution in [3.05, 3.63) is 36.0 Å². The third-order valence-corrected chi connectivity index (χ3v) is 4.01. The standard InChI is InChI=1S/C18H23N5O4/c1-11-8-16(24)21-18(19-11)23-15(7-12(2)22-23)20-17(25)10-27-14-6-4-5-13(9-14)26-3/h4-7,9,11,18-19H,8,10H2,1-3H3,(H,20,25)(H,21,24). The average Bonchev–Trinajstić information content (AvgIpc) is 2.99. The summed E-state index contributed by atoms with van der Waals surface area (Å²) >= 11 is 0. The molecule has 1 aliphatic heterocycles. The Morgan fingerprint density at radius 3 is 2.89 bits per heavy atom. The number of rotatable bonds is 6. The maximum Gasteiger partial charge on any atom is 0.263 e. The minimum atomic E-state index is -0.524. The van der Waals surface area contributed by atoms with E-state index in [1.807, 2.05) is 13.8 Å². The fraction of sp³-hybridized carbons (Fsp3) is 0.389. The predicted molar refractivity (Wildman–Crippen MR) is 98.5 cm³/mol. The molecule has 2 unspecified atom stereocenters. The molecular weight excluding hydrogens is 350 g/mol. The summed E-state index contributed by atoms with van der Waals surface area (Å²) in [5.41, 5.74) is 0.716. The van der Waals surface area contributed by atoms with Crippen molar-refractivity contribution in [3.63, 3.8) is 0 Å². The highest BCUT2D eigenvalue weighted by Crippen LogP contribution is 2.19. The van der Waals surface area contributed by atoms with E-state index in [9.17, 15) is 9.59 Å². The summed E-state index contributed by atoms with van der Waals surface area (Å²) in [5, 5.41) is 13.2. The Morgan fingerprint density at radius 2 is 2.15 bits per heavy atom. The van der Waals surface area contributed by atoms with Gasteiger partial charge in [-0.05, 0) is 26.0 Å². The Balaban J connectivity index is 1.64. The third-order valence-electron chi connectivity index (χ3n) is 4.01. The first-order valence-corrected chi connectivity index (χ1v) is 8.63. The first-order chi connectivity index (χ1) is 12.9. The largest absolute Gasteiger partial charge is 0.497 e. The number of hydrogen-bond donors (Lipinski definition) is 3. The summed E-state index contributed by atoms with van der Waals surface area (Å²) in [4.78, 5) is 24.1. The molecule has 2 atom stereocenters. The van der Waals surface area contributed by atoms with Crippen LogP contribution in [0.4, 0.5) is 5.82 Å². The lowest BCUT2D eigenvalue weighted by molar-refractivity contribution is -0.125. The van der Waals surface area contributed by atoms with Crippen molar-refractivity contribution in [2.75, 3.05) is 19.0 Å². The lowest BCUT2D eigenvalue weighted by atomic mass is 10.2. The summed E-state index contributed by atoms with van der Waals surface area (Å²) < 4.78 is 12.2. The molecule has 1 saturated heterocycles. The summed E-state index contributed by atoms with van der Waals surface area (Å²) in [5.74, 6) is 1.24. The van der Waals surface area contributed by atoms with E-state index in [0.717, 1.165) is 0 Å². The molecule has 1 aromatic carbocycles. The second-order valence-electron chi connectivity index (χ2n) is 6.37. The topological polar surface area (TPSA) is 107 Å². The first-order valence-electron chi connectivity index (χ1n) is 8.63. The van der Waals surface area contributed by atoms with Crippen molar-refractivity contribution in [1.29, 1.82) is 0 Å². The molecule has 2 aromatic rings. The van der Waals surface area contributed by atoms with Gasteiger partial charge in [0.2, 0.25) is 5.91 Å². The van der Waals surface area contributed by atoms with Gasteiger partial charge in [-0.25, -0.2) is 4.68 Å². The SMILES string of the molecule is COc1cccc(OCC(=O)Nc2cc(C)nn2C2NC(=O)CC(C)N2)c1. The van der Waals surface area contributed by atoms with E-state index in [1.54, 1.807) is 42.1 Å². The zero-order valence-corrected chi connectivity index (χ0v) is 15.5. The van der Waals surface area contributed by atoms with Crippen molar-refractivity contribution in [2.45, 2.75) is 32.6 Å². The van der Waals surface area contributed by atoms with Crippen LogP contribution in [0, 0.1) is 6.92 Å². The Kier molecular flexibility index (Phi) is 5.60. The Hall–Kier alpha value is -3.07. The van der Waals surface area contributed by atoms with E-state index in [2.05, 4.69) is 21.0 Å². The zero-order valence-electron chi connectivity index (χ0n) is 15.5. The molecule has 27 heavy (non-hydrogen) atoms. The smallest absolute Gasteiger partial charge is 0.263 e. The number of benzene rings is 1. The molecule has 1 aliphatic rings. The molecule has 0 bridgehead atoms. The van der Waals surface area contributed by atoms with E-state index in [0.29, 0.717) is 29.4 Å². The molecule has 2 amide bonds. The van der Waals surface area contributed by atoms with Gasteiger partial charge < -0.3 is 20.1 Å². The van der Waals surface area contributed by atoms with Crippen LogP contribution in [0.2, 0.25) is 0 Å². The van der Waals surface area contributed by atoms with Crippen LogP contribution in [-0.2, 0) is 9.59 Å². The maximum atomic E-state index is 12.3. The lowest BCUT2D eigenvalue weighted by Gasteiger charge is -2.30. The van der Waals surface area contributed by atoms with Crippen LogP contribution in [0.25, 0.3) is 0 Å². The van der Waals surface area contributed by atoms with Crippen molar-refractivity contribution in [2.24, 2.45) is 0 Å². The fourth-order valence-electron chi connectivity index (χ4n) is 2.82. The van der Waals surface area contributed by atoms with E-state index in [-0.39, 0.29) is 24.5 Å². The van der Waals surface area contributed by atoms with Crippen molar-refractivity contribution in [3.8, 4) is 11.5 Å². The number of aromatic nitrogens is 2. The molecule has 9 nitrogen and oxygen atoms in total. The molecule has 3 rings (SSSR count). The van der Waals surface area contributed by atoms with Gasteiger partial charge in [0, 0.05) is 24.6 Å². The molecule has 0 aliphatic carbocycles. The predicted octanol–water partition coefficient (Wildman–Crippen LogP) is 1.17. The van der Waals surface area contributed by atoms with E-state index >= 15 is 0 Å². The Labute approximate surface area is 157 Å². The van der Waals surface area contributed by atoms with Gasteiger partial charge in [0.25, 0.3) is 5.91 Å². The summed E-state index contributed by atoms with van der Waals surface area (Å²) in [6.45, 7) is 3.56. The van der Waals surface area contributed by atoms with Crippen LogP contribution in [0.15, 0.2) is 30.3 Å². The molecule has 0 saturated carbocycles. The number of nitrogens with zero attached hydrogens (tertiary/aromatic N) is 2. The van der Waals surface area contributed by atoms with Crippen LogP contribution in [-0.4, -0.2) is 41.4 Å². The van der Waals surface area contributed by atoms with Gasteiger partial charge in [-0.1, -0.05) is 6.07 Å². The lowest BCUT2D eigenvalue weighted by Crippen LogP contribution is -2.52. The number of ether oxygens (including phenoxy) is 2. The number of amides is 2. The molecule has 9 heteroatoms. The van der Waals surface area contributed by atoms with Crippen LogP contribution in [0.3, 0.4) is 0 Å². The van der Waals surface area contributed by atoms with Gasteiger partial charge in [0.05, 0.1) is 12.8 Å². The fourth-order valence-corrected chi connectivity index (χ4v) is 2.82. The minimum absolute atomic E-state index is 0.00759. The van der Waals surface area contributed by atoms with Gasteiger partial charge in [0.1, 0.15) is 17.3 Å². The second kappa shape index (κ2) is 8.09. The van der Waals surface area contributed by atoms with Crippen molar-refractivity contribution < 1.29 is 19.1 Å². The van der Waals surface area contributed by atoms with Gasteiger partial charge in [-0.15, -0.1) is 0 Å². The summed E-state index contributed by atoms with van der Waals surface area (Å²) in [7, 11) is 1.56. The first kappa shape index (κ1) is 18.7. The number of hydrogen-bond acceptors (Lipinski definition) is 6. The minimum Gasteiger partial charge on any atom is -0.497 e. The second-order valence-corrected chi connectivity index (χ2v) is 6.37. The molecule has 0 radical (unpaired) electrons. The van der Waals surface area contributed by atoms with Crippen molar-refractivity contribution >= 4 is 17.6 Å². The van der Waals surface area contributed by atoms with Crippen LogP contribution in [0.5, 0.6) is 11.5 Å². The Morgan fingerprint density at radius 1 is 1.37 bits per heavy atom. The molecule has 0 spiro atoms. The van der Waals surface area contributed by atoms with Crippen molar-refractivity contribution in [1.82, 2.24) is 20.4 Å². The van der Waals surface area contributed by atoms with Gasteiger partial charge in [0.15, 0.2) is 12.9 Å². The highest BCUT2D eigenvalue weighted by atomic mass is 16.5. The number of methoxy groups -OCH3 is 1. The number of anilines is 1. The molecular formula is C18H23N5O4. The quantitative estimate of drug-likeness (QED) is 0.702. The summed E-state index contributed by atoms with van der Waals surface area (Å²) in [6.07, 6.45) is -0.128. The number of carbonyl (C=O) groups is 2. The van der Waals surface area contributed by atoms with Gasteiger partial charge in [-0.3, -0.25) is 14.9 Å². The highest BCUT2D eigenvalue weighted by molar-refractivity contribution is 5.91. The maximum absolute atomic E-state index is 12.3. The summed E-state index contributed by atoms with van der Waals surface area (Å²) in [6, 6.07) is 8.76. The molecule has 2 heterocycles. The molecule has 1 fully saturated rings. The highest BCUT2D eigenvalue weighted by Gasteiger charge is 2.26. The van der Waals surface area contributed by atoms with Gasteiger partial charge in [-0.2, -0.15) is 5.10 Å². The van der Waals surface area contributed by atoms with E-state index in [4.69, 9.17) is 9.47 Å². The molecule has 3 N–H and O–H groups in total. The normalized spacial score (nSPS) is 19.3. The van der Waals surface area contributed by atoms with Gasteiger partial charge >= 0.3 is 0 Å².